The number of cyclic esters (lactones) is 1. The third-order valence-corrected chi connectivity index (χ3v) is 3.05. The molecule has 0 aromatic heterocycles. The molecule has 0 aliphatic carbocycles. The predicted octanol–water partition coefficient (Wildman–Crippen LogP) is 1.32. The fraction of sp³-hybridized carbons (Fsp3) is 0.200. The normalized spacial score (nSPS) is 14.6. The molecule has 1 heterocycles. The molecule has 1 aromatic carbocycles. The fourth-order valence-electron chi connectivity index (χ4n) is 1.48. The van der Waals surface area contributed by atoms with E-state index in [0.29, 0.717) is 18.8 Å². The van der Waals surface area contributed by atoms with Crippen molar-refractivity contribution in [3.05, 3.63) is 24.3 Å². The number of nitrogens with zero attached hydrogens (tertiary/aromatic N) is 1. The second kappa shape index (κ2) is 4.96. The van der Waals surface area contributed by atoms with Crippen molar-refractivity contribution in [2.75, 3.05) is 18.1 Å². The van der Waals surface area contributed by atoms with Gasteiger partial charge in [0.15, 0.2) is 0 Å². The number of hydrogen-bond acceptors (Lipinski definition) is 4. The molecule has 0 radical (unpaired) electrons. The molecule has 3 N–H and O–H groups in total. The molecule has 1 aliphatic rings. The van der Waals surface area contributed by atoms with Gasteiger partial charge in [-0.15, -0.1) is 0 Å². The van der Waals surface area contributed by atoms with Gasteiger partial charge in [-0.1, -0.05) is 12.1 Å². The fourth-order valence-corrected chi connectivity index (χ4v) is 2.12. The van der Waals surface area contributed by atoms with Crippen LogP contribution in [0.15, 0.2) is 29.2 Å². The molecule has 0 saturated carbocycles. The van der Waals surface area contributed by atoms with Crippen molar-refractivity contribution in [3.63, 3.8) is 0 Å². The summed E-state index contributed by atoms with van der Waals surface area (Å²) in [6.07, 6.45) is -0.378. The zero-order chi connectivity index (χ0) is 12.3. The number of ether oxygens (including phenoxy) is 1. The molecule has 6 nitrogen and oxygen atoms in total. The number of carbonyl (C=O) groups is 2. The maximum Gasteiger partial charge on any atom is 0.414 e. The van der Waals surface area contributed by atoms with Gasteiger partial charge in [-0.2, -0.15) is 0 Å². The molecule has 2 rings (SSSR count). The van der Waals surface area contributed by atoms with Gasteiger partial charge >= 0.3 is 12.1 Å². The highest BCUT2D eigenvalue weighted by molar-refractivity contribution is 7.98. The first kappa shape index (κ1) is 11.6. The lowest BCUT2D eigenvalue weighted by atomic mass is 10.3. The molecule has 1 aliphatic heterocycles. The van der Waals surface area contributed by atoms with E-state index in [1.165, 1.54) is 4.90 Å². The molecule has 0 unspecified atom stereocenters. The summed E-state index contributed by atoms with van der Waals surface area (Å²) < 4.78 is 7.28. The van der Waals surface area contributed by atoms with E-state index in [4.69, 9.17) is 10.5 Å². The summed E-state index contributed by atoms with van der Waals surface area (Å²) >= 11 is 1.07. The molecule has 1 aromatic rings. The Morgan fingerprint density at radius 3 is 2.88 bits per heavy atom. The van der Waals surface area contributed by atoms with E-state index in [1.54, 1.807) is 12.1 Å². The minimum absolute atomic E-state index is 0.376. The standard InChI is InChI=1S/C10H11N3O3S/c11-9(14)12-17-8-4-2-1-3-7(8)13-5-6-16-10(13)15/h1-4H,5-6H2,(H3,11,12,14). The summed E-state index contributed by atoms with van der Waals surface area (Å²) in [5.74, 6) is 0. The molecule has 17 heavy (non-hydrogen) atoms. The monoisotopic (exact) mass is 253 g/mol. The van der Waals surface area contributed by atoms with E-state index in [2.05, 4.69) is 4.72 Å². The Morgan fingerprint density at radius 1 is 1.47 bits per heavy atom. The van der Waals surface area contributed by atoms with Gasteiger partial charge in [-0.3, -0.25) is 9.62 Å². The van der Waals surface area contributed by atoms with E-state index in [0.717, 1.165) is 16.8 Å². The van der Waals surface area contributed by atoms with Crippen molar-refractivity contribution in [1.82, 2.24) is 4.72 Å². The Bertz CT molecular complexity index is 452. The van der Waals surface area contributed by atoms with Crippen LogP contribution in [0.25, 0.3) is 0 Å². The largest absolute Gasteiger partial charge is 0.447 e. The van der Waals surface area contributed by atoms with E-state index in [9.17, 15) is 9.59 Å². The smallest absolute Gasteiger partial charge is 0.414 e. The van der Waals surface area contributed by atoms with Crippen LogP contribution in [0.5, 0.6) is 0 Å². The molecule has 0 bridgehead atoms. The average molecular weight is 253 g/mol. The summed E-state index contributed by atoms with van der Waals surface area (Å²) in [5.41, 5.74) is 5.70. The highest BCUT2D eigenvalue weighted by atomic mass is 32.2. The zero-order valence-electron chi connectivity index (χ0n) is 8.88. The van der Waals surface area contributed by atoms with Crippen molar-refractivity contribution in [2.24, 2.45) is 5.73 Å². The van der Waals surface area contributed by atoms with Crippen molar-refractivity contribution < 1.29 is 14.3 Å². The molecule has 1 fully saturated rings. The number of amides is 3. The number of carbonyl (C=O) groups excluding carboxylic acids is 2. The van der Waals surface area contributed by atoms with E-state index < -0.39 is 6.03 Å². The van der Waals surface area contributed by atoms with Gasteiger partial charge in [0.2, 0.25) is 0 Å². The van der Waals surface area contributed by atoms with Crippen LogP contribution >= 0.6 is 11.9 Å². The van der Waals surface area contributed by atoms with E-state index in [-0.39, 0.29) is 6.09 Å². The minimum Gasteiger partial charge on any atom is -0.447 e. The second-order valence-electron chi connectivity index (χ2n) is 3.30. The topological polar surface area (TPSA) is 84.7 Å². The van der Waals surface area contributed by atoms with Gasteiger partial charge in [0.05, 0.1) is 17.1 Å². The Hall–Kier alpha value is -1.89. The third kappa shape index (κ3) is 2.62. The first-order valence-corrected chi connectivity index (χ1v) is 5.76. The summed E-state index contributed by atoms with van der Waals surface area (Å²) in [4.78, 5) is 24.4. The Balaban J connectivity index is 2.20. The lowest BCUT2D eigenvalue weighted by Crippen LogP contribution is -2.26. The molecule has 0 atom stereocenters. The Morgan fingerprint density at radius 2 is 2.24 bits per heavy atom. The molecule has 3 amide bonds. The van der Waals surface area contributed by atoms with Crippen LogP contribution in [0.1, 0.15) is 0 Å². The van der Waals surface area contributed by atoms with Crippen LogP contribution in [0.3, 0.4) is 0 Å². The highest BCUT2D eigenvalue weighted by Gasteiger charge is 2.25. The predicted molar refractivity (Wildman–Crippen MR) is 63.7 cm³/mol. The quantitative estimate of drug-likeness (QED) is 0.795. The molecule has 0 spiro atoms. The van der Waals surface area contributed by atoms with Crippen LogP contribution in [0.2, 0.25) is 0 Å². The number of hydrogen-bond donors (Lipinski definition) is 2. The Labute approximate surface area is 102 Å². The second-order valence-corrected chi connectivity index (χ2v) is 4.15. The first-order valence-electron chi connectivity index (χ1n) is 4.94. The molecular weight excluding hydrogens is 242 g/mol. The number of urea groups is 1. The number of nitrogens with one attached hydrogen (secondary N) is 1. The summed E-state index contributed by atoms with van der Waals surface area (Å²) in [7, 11) is 0. The summed E-state index contributed by atoms with van der Waals surface area (Å²) in [6.45, 7) is 0.883. The highest BCUT2D eigenvalue weighted by Crippen LogP contribution is 2.29. The Kier molecular flexibility index (Phi) is 3.38. The molecular formula is C10H11N3O3S. The number of benzene rings is 1. The van der Waals surface area contributed by atoms with Crippen molar-refractivity contribution in [2.45, 2.75) is 4.90 Å². The number of para-hydroxylation sites is 1. The third-order valence-electron chi connectivity index (χ3n) is 2.18. The number of rotatable bonds is 3. The van der Waals surface area contributed by atoms with E-state index in [1.807, 2.05) is 12.1 Å². The molecule has 1 saturated heterocycles. The average Bonchev–Trinajstić information content (AvgIpc) is 2.73. The maximum absolute atomic E-state index is 11.4. The van der Waals surface area contributed by atoms with Gasteiger partial charge in [0, 0.05) is 0 Å². The van der Waals surface area contributed by atoms with Crippen molar-refractivity contribution in [1.29, 1.82) is 0 Å². The number of nitrogens with two attached hydrogens (primary N) is 1. The van der Waals surface area contributed by atoms with Crippen LogP contribution < -0.4 is 15.4 Å². The minimum atomic E-state index is -0.631. The van der Waals surface area contributed by atoms with E-state index >= 15 is 0 Å². The number of anilines is 1. The first-order chi connectivity index (χ1) is 8.18. The summed E-state index contributed by atoms with van der Waals surface area (Å²) in [6, 6.07) is 6.58. The van der Waals surface area contributed by atoms with Crippen molar-refractivity contribution >= 4 is 29.8 Å². The van der Waals surface area contributed by atoms with Crippen molar-refractivity contribution in [3.8, 4) is 0 Å². The van der Waals surface area contributed by atoms with Gasteiger partial charge in [-0.25, -0.2) is 9.59 Å². The lowest BCUT2D eigenvalue weighted by Gasteiger charge is -2.16. The zero-order valence-corrected chi connectivity index (χ0v) is 9.70. The number of primary amides is 1. The summed E-state index contributed by atoms with van der Waals surface area (Å²) in [5, 5.41) is 0. The van der Waals surface area contributed by atoms with Gasteiger partial charge in [0.1, 0.15) is 6.61 Å². The van der Waals surface area contributed by atoms with Gasteiger partial charge in [-0.05, 0) is 24.1 Å². The van der Waals surface area contributed by atoms with Crippen LogP contribution in [0, 0.1) is 0 Å². The van der Waals surface area contributed by atoms with Crippen LogP contribution in [0.4, 0.5) is 15.3 Å². The van der Waals surface area contributed by atoms with Gasteiger partial charge < -0.3 is 10.5 Å². The van der Waals surface area contributed by atoms with Crippen LogP contribution in [-0.2, 0) is 4.74 Å². The molecule has 90 valence electrons. The maximum atomic E-state index is 11.4. The molecule has 7 heteroatoms. The van der Waals surface area contributed by atoms with Gasteiger partial charge in [0.25, 0.3) is 0 Å². The van der Waals surface area contributed by atoms with Crippen LogP contribution in [-0.4, -0.2) is 25.3 Å². The SMILES string of the molecule is NC(=O)NSc1ccccc1N1CCOC1=O. The lowest BCUT2D eigenvalue weighted by molar-refractivity contribution is 0.181.